The fourth-order valence-corrected chi connectivity index (χ4v) is 3.57. The molecule has 0 aromatic heterocycles. The van der Waals surface area contributed by atoms with Gasteiger partial charge in [0.2, 0.25) is 0 Å². The van der Waals surface area contributed by atoms with Crippen molar-refractivity contribution in [1.29, 1.82) is 0 Å². The van der Waals surface area contributed by atoms with Gasteiger partial charge in [-0.2, -0.15) is 0 Å². The molecule has 0 unspecified atom stereocenters. The summed E-state index contributed by atoms with van der Waals surface area (Å²) in [7, 11) is 0. The van der Waals surface area contributed by atoms with Gasteiger partial charge in [-0.1, -0.05) is 60.7 Å². The molecule has 0 bridgehead atoms. The maximum atomic E-state index is 12.0. The molecule has 1 fully saturated rings. The van der Waals surface area contributed by atoms with E-state index in [1.807, 2.05) is 49.6 Å². The van der Waals surface area contributed by atoms with Crippen molar-refractivity contribution in [1.82, 2.24) is 4.90 Å². The monoisotopic (exact) mass is 379 g/mol. The second kappa shape index (κ2) is 10.7. The van der Waals surface area contributed by atoms with Crippen molar-refractivity contribution in [3.8, 4) is 0 Å². The third kappa shape index (κ3) is 5.70. The van der Waals surface area contributed by atoms with E-state index in [2.05, 4.69) is 29.2 Å². The lowest BCUT2D eigenvalue weighted by molar-refractivity contribution is -0.150. The first-order valence-corrected chi connectivity index (χ1v) is 10.1. The molecule has 148 valence electrons. The fraction of sp³-hybridized carbons (Fsp3) is 0.375. The van der Waals surface area contributed by atoms with Crippen molar-refractivity contribution in [2.75, 3.05) is 32.8 Å². The molecule has 1 aliphatic heterocycles. The second-order valence-corrected chi connectivity index (χ2v) is 7.03. The van der Waals surface area contributed by atoms with E-state index in [0.29, 0.717) is 13.2 Å². The number of hydrogen-bond donors (Lipinski definition) is 0. The zero-order valence-electron chi connectivity index (χ0n) is 16.5. The van der Waals surface area contributed by atoms with Crippen LogP contribution in [0.1, 0.15) is 30.9 Å². The van der Waals surface area contributed by atoms with E-state index in [-0.39, 0.29) is 11.9 Å². The lowest BCUT2D eigenvalue weighted by Gasteiger charge is -2.31. The largest absolute Gasteiger partial charge is 0.499 e. The number of esters is 1. The predicted octanol–water partition coefficient (Wildman–Crippen LogP) is 4.37. The number of rotatable bonds is 8. The van der Waals surface area contributed by atoms with Crippen LogP contribution in [0.2, 0.25) is 0 Å². The van der Waals surface area contributed by atoms with Crippen LogP contribution >= 0.6 is 0 Å². The average molecular weight is 380 g/mol. The molecule has 1 heterocycles. The Morgan fingerprint density at radius 1 is 1.07 bits per heavy atom. The molecule has 1 aliphatic rings. The summed E-state index contributed by atoms with van der Waals surface area (Å²) < 4.78 is 11.1. The number of hydrogen-bond acceptors (Lipinski definition) is 4. The van der Waals surface area contributed by atoms with Gasteiger partial charge in [-0.3, -0.25) is 9.69 Å². The lowest BCUT2D eigenvalue weighted by Crippen LogP contribution is -2.40. The SMILES string of the molecule is CCOC(=O)[C@@H]1CCCN(CCOC=C(c2ccccc2)c2ccccc2)C1. The van der Waals surface area contributed by atoms with Crippen molar-refractivity contribution < 1.29 is 14.3 Å². The molecule has 2 aromatic carbocycles. The van der Waals surface area contributed by atoms with Gasteiger partial charge < -0.3 is 9.47 Å². The molecule has 28 heavy (non-hydrogen) atoms. The third-order valence-corrected chi connectivity index (χ3v) is 5.02. The molecular formula is C24H29NO3. The Balaban J connectivity index is 1.58. The van der Waals surface area contributed by atoms with Gasteiger partial charge in [-0.25, -0.2) is 0 Å². The van der Waals surface area contributed by atoms with Crippen LogP contribution in [0.4, 0.5) is 0 Å². The zero-order valence-corrected chi connectivity index (χ0v) is 16.5. The Hall–Kier alpha value is -2.59. The lowest BCUT2D eigenvalue weighted by atomic mass is 9.98. The van der Waals surface area contributed by atoms with E-state index < -0.39 is 0 Å². The van der Waals surface area contributed by atoms with Crippen LogP contribution in [-0.2, 0) is 14.3 Å². The Kier molecular flexibility index (Phi) is 7.68. The van der Waals surface area contributed by atoms with E-state index >= 15 is 0 Å². The van der Waals surface area contributed by atoms with E-state index in [4.69, 9.17) is 9.47 Å². The highest BCUT2D eigenvalue weighted by atomic mass is 16.5. The topological polar surface area (TPSA) is 38.8 Å². The van der Waals surface area contributed by atoms with Crippen LogP contribution in [0.15, 0.2) is 66.9 Å². The molecule has 4 nitrogen and oxygen atoms in total. The first-order chi connectivity index (χ1) is 13.8. The smallest absolute Gasteiger partial charge is 0.310 e. The number of likely N-dealkylation sites (tertiary alicyclic amines) is 1. The van der Waals surface area contributed by atoms with Crippen molar-refractivity contribution in [2.45, 2.75) is 19.8 Å². The third-order valence-electron chi connectivity index (χ3n) is 5.02. The minimum absolute atomic E-state index is 0.00607. The molecule has 0 saturated carbocycles. The highest BCUT2D eigenvalue weighted by molar-refractivity contribution is 5.79. The molecule has 0 aliphatic carbocycles. The molecule has 1 saturated heterocycles. The van der Waals surface area contributed by atoms with E-state index in [0.717, 1.165) is 49.2 Å². The molecule has 3 rings (SSSR count). The van der Waals surface area contributed by atoms with Crippen LogP contribution in [0.25, 0.3) is 5.57 Å². The summed E-state index contributed by atoms with van der Waals surface area (Å²) in [6.07, 6.45) is 3.80. The summed E-state index contributed by atoms with van der Waals surface area (Å²) in [6.45, 7) is 5.48. The van der Waals surface area contributed by atoms with Gasteiger partial charge in [0.15, 0.2) is 0 Å². The number of piperidine rings is 1. The maximum absolute atomic E-state index is 12.0. The van der Waals surface area contributed by atoms with Crippen LogP contribution in [0.5, 0.6) is 0 Å². The van der Waals surface area contributed by atoms with Gasteiger partial charge in [0.05, 0.1) is 18.8 Å². The van der Waals surface area contributed by atoms with E-state index in [9.17, 15) is 4.79 Å². The number of carbonyl (C=O) groups is 1. The van der Waals surface area contributed by atoms with Gasteiger partial charge in [0.25, 0.3) is 0 Å². The Bertz CT molecular complexity index is 716. The number of ether oxygens (including phenoxy) is 2. The van der Waals surface area contributed by atoms with Gasteiger partial charge in [0.1, 0.15) is 6.61 Å². The first kappa shape index (κ1) is 20.2. The van der Waals surface area contributed by atoms with Crippen molar-refractivity contribution >= 4 is 11.5 Å². The maximum Gasteiger partial charge on any atom is 0.310 e. The van der Waals surface area contributed by atoms with Crippen molar-refractivity contribution in [3.05, 3.63) is 78.1 Å². The number of nitrogens with zero attached hydrogens (tertiary/aromatic N) is 1. The van der Waals surface area contributed by atoms with Crippen LogP contribution in [0, 0.1) is 5.92 Å². The predicted molar refractivity (Wildman–Crippen MR) is 112 cm³/mol. The normalized spacial score (nSPS) is 17.0. The molecule has 0 N–H and O–H groups in total. The Morgan fingerprint density at radius 2 is 1.71 bits per heavy atom. The average Bonchev–Trinajstić information content (AvgIpc) is 2.75. The standard InChI is InChI=1S/C24H29NO3/c1-2-28-24(26)22-14-9-15-25(18-22)16-17-27-19-23(20-10-5-3-6-11-20)21-12-7-4-8-13-21/h3-8,10-13,19,22H,2,9,14-18H2,1H3/t22-/m1/s1. The van der Waals surface area contributed by atoms with Crippen molar-refractivity contribution in [2.24, 2.45) is 5.92 Å². The highest BCUT2D eigenvalue weighted by Gasteiger charge is 2.26. The number of carbonyl (C=O) groups excluding carboxylic acids is 1. The van der Waals surface area contributed by atoms with E-state index in [1.165, 1.54) is 0 Å². The molecule has 2 aromatic rings. The van der Waals surface area contributed by atoms with E-state index in [1.54, 1.807) is 0 Å². The first-order valence-electron chi connectivity index (χ1n) is 10.1. The molecular weight excluding hydrogens is 350 g/mol. The summed E-state index contributed by atoms with van der Waals surface area (Å²) >= 11 is 0. The van der Waals surface area contributed by atoms with Crippen LogP contribution in [-0.4, -0.2) is 43.7 Å². The quantitative estimate of drug-likeness (QED) is 0.388. The van der Waals surface area contributed by atoms with Gasteiger partial charge >= 0.3 is 5.97 Å². The van der Waals surface area contributed by atoms with Gasteiger partial charge in [0, 0.05) is 18.7 Å². The summed E-state index contributed by atoms with van der Waals surface area (Å²) in [5.74, 6) is -0.0723. The summed E-state index contributed by atoms with van der Waals surface area (Å²) in [4.78, 5) is 14.3. The van der Waals surface area contributed by atoms with Gasteiger partial charge in [-0.05, 0) is 37.4 Å². The highest BCUT2D eigenvalue weighted by Crippen LogP contribution is 2.23. The minimum atomic E-state index is -0.0662. The van der Waals surface area contributed by atoms with Crippen LogP contribution in [0.3, 0.4) is 0 Å². The Labute approximate surface area is 167 Å². The molecule has 0 amide bonds. The molecule has 1 atom stereocenters. The molecule has 0 spiro atoms. The fourth-order valence-electron chi connectivity index (χ4n) is 3.57. The minimum Gasteiger partial charge on any atom is -0.499 e. The summed E-state index contributed by atoms with van der Waals surface area (Å²) in [5, 5.41) is 0. The van der Waals surface area contributed by atoms with Crippen molar-refractivity contribution in [3.63, 3.8) is 0 Å². The zero-order chi connectivity index (χ0) is 19.6. The summed E-state index contributed by atoms with van der Waals surface area (Å²) in [5.41, 5.74) is 3.34. The van der Waals surface area contributed by atoms with Gasteiger partial charge in [-0.15, -0.1) is 0 Å². The second-order valence-electron chi connectivity index (χ2n) is 7.03. The van der Waals surface area contributed by atoms with Crippen LogP contribution < -0.4 is 0 Å². The molecule has 0 radical (unpaired) electrons. The Morgan fingerprint density at radius 3 is 2.32 bits per heavy atom. The number of benzene rings is 2. The molecule has 4 heteroatoms. The summed E-state index contributed by atoms with van der Waals surface area (Å²) in [6, 6.07) is 20.6.